The highest BCUT2D eigenvalue weighted by molar-refractivity contribution is 6.36. The van der Waals surface area contributed by atoms with Gasteiger partial charge in [-0.05, 0) is 62.1 Å². The molecular formula is C27H33Cl3N2O3. The summed E-state index contributed by atoms with van der Waals surface area (Å²) >= 11 is 18.7. The number of hydrogen-bond acceptors (Lipinski definition) is 3. The monoisotopic (exact) mass is 538 g/mol. The first-order valence-corrected chi connectivity index (χ1v) is 13.4. The molecule has 1 unspecified atom stereocenters. The third-order valence-corrected chi connectivity index (χ3v) is 7.31. The lowest BCUT2D eigenvalue weighted by Crippen LogP contribution is -2.51. The van der Waals surface area contributed by atoms with Crippen molar-refractivity contribution in [3.8, 4) is 5.75 Å². The molecule has 1 N–H and O–H groups in total. The van der Waals surface area contributed by atoms with Crippen molar-refractivity contribution in [2.45, 2.75) is 76.9 Å². The van der Waals surface area contributed by atoms with E-state index in [0.717, 1.165) is 25.7 Å². The van der Waals surface area contributed by atoms with Crippen molar-refractivity contribution in [3.63, 3.8) is 0 Å². The lowest BCUT2D eigenvalue weighted by atomic mass is 9.95. The fourth-order valence-corrected chi connectivity index (χ4v) is 5.05. The summed E-state index contributed by atoms with van der Waals surface area (Å²) in [6.07, 6.45) is 6.64. The van der Waals surface area contributed by atoms with Gasteiger partial charge in [0.15, 0.2) is 0 Å². The molecule has 1 saturated carbocycles. The quantitative estimate of drug-likeness (QED) is 0.311. The van der Waals surface area contributed by atoms with E-state index in [0.29, 0.717) is 45.8 Å². The third kappa shape index (κ3) is 8.30. The van der Waals surface area contributed by atoms with Gasteiger partial charge in [0.05, 0.1) is 6.61 Å². The van der Waals surface area contributed by atoms with Crippen LogP contribution >= 0.6 is 34.8 Å². The van der Waals surface area contributed by atoms with Gasteiger partial charge in [-0.15, -0.1) is 0 Å². The predicted octanol–water partition coefficient (Wildman–Crippen LogP) is 7.06. The molecule has 3 rings (SSSR count). The van der Waals surface area contributed by atoms with Crippen LogP contribution in [-0.4, -0.2) is 35.4 Å². The summed E-state index contributed by atoms with van der Waals surface area (Å²) in [5, 5.41) is 4.77. The van der Waals surface area contributed by atoms with Crippen molar-refractivity contribution in [3.05, 3.63) is 63.1 Å². The fraction of sp³-hybridized carbons (Fsp3) is 0.481. The molecule has 0 saturated heterocycles. The van der Waals surface area contributed by atoms with Gasteiger partial charge in [-0.3, -0.25) is 9.59 Å². The zero-order chi connectivity index (χ0) is 25.2. The highest BCUT2D eigenvalue weighted by Crippen LogP contribution is 2.28. The molecule has 8 heteroatoms. The van der Waals surface area contributed by atoms with Gasteiger partial charge in [-0.2, -0.15) is 0 Å². The second-order valence-electron chi connectivity index (χ2n) is 8.90. The van der Waals surface area contributed by atoms with E-state index in [2.05, 4.69) is 5.32 Å². The van der Waals surface area contributed by atoms with Crippen molar-refractivity contribution in [1.29, 1.82) is 0 Å². The molecule has 1 fully saturated rings. The van der Waals surface area contributed by atoms with E-state index in [1.54, 1.807) is 47.4 Å². The minimum atomic E-state index is -0.603. The van der Waals surface area contributed by atoms with Crippen molar-refractivity contribution in [1.82, 2.24) is 10.2 Å². The number of nitrogens with zero attached hydrogens (tertiary/aromatic N) is 1. The number of rotatable bonds is 11. The Labute approximate surface area is 223 Å². The maximum atomic E-state index is 13.4. The third-order valence-electron chi connectivity index (χ3n) is 6.34. The second kappa shape index (κ2) is 14.0. The van der Waals surface area contributed by atoms with Crippen molar-refractivity contribution in [2.24, 2.45) is 0 Å². The molecule has 0 radical (unpaired) electrons. The SMILES string of the molecule is CCC(C(=O)NC1CCCCC1)N(Cc1c(Cl)cccc1Cl)C(=O)CCCOc1ccc(Cl)cc1. The minimum Gasteiger partial charge on any atom is -0.494 e. The zero-order valence-electron chi connectivity index (χ0n) is 20.1. The molecule has 0 heterocycles. The van der Waals surface area contributed by atoms with Crippen LogP contribution in [0, 0.1) is 0 Å². The number of amides is 2. The molecule has 1 aliphatic rings. The highest BCUT2D eigenvalue weighted by atomic mass is 35.5. The molecule has 2 aromatic rings. The van der Waals surface area contributed by atoms with Crippen LogP contribution in [0.25, 0.3) is 0 Å². The van der Waals surface area contributed by atoms with Crippen molar-refractivity contribution in [2.75, 3.05) is 6.61 Å². The molecule has 2 amide bonds. The lowest BCUT2D eigenvalue weighted by molar-refractivity contribution is -0.142. The average Bonchev–Trinajstić information content (AvgIpc) is 2.85. The number of carbonyl (C=O) groups excluding carboxylic acids is 2. The molecule has 190 valence electrons. The normalized spacial score (nSPS) is 14.9. The minimum absolute atomic E-state index is 0.117. The van der Waals surface area contributed by atoms with Gasteiger partial charge in [-0.25, -0.2) is 0 Å². The molecule has 5 nitrogen and oxygen atoms in total. The van der Waals surface area contributed by atoms with Crippen LogP contribution in [0.15, 0.2) is 42.5 Å². The zero-order valence-corrected chi connectivity index (χ0v) is 22.3. The summed E-state index contributed by atoms with van der Waals surface area (Å²) in [5.41, 5.74) is 0.644. The van der Waals surface area contributed by atoms with Crippen LogP contribution < -0.4 is 10.1 Å². The Balaban J connectivity index is 1.69. The smallest absolute Gasteiger partial charge is 0.243 e. The number of benzene rings is 2. The van der Waals surface area contributed by atoms with Crippen LogP contribution in [0.5, 0.6) is 5.75 Å². The molecule has 1 atom stereocenters. The molecular weight excluding hydrogens is 507 g/mol. The maximum absolute atomic E-state index is 13.4. The van der Waals surface area contributed by atoms with Crippen LogP contribution in [-0.2, 0) is 16.1 Å². The summed E-state index contributed by atoms with van der Waals surface area (Å²) in [5.74, 6) is 0.444. The molecule has 0 aliphatic heterocycles. The van der Waals surface area contributed by atoms with E-state index < -0.39 is 6.04 Å². The topological polar surface area (TPSA) is 58.6 Å². The Morgan fingerprint density at radius 2 is 1.69 bits per heavy atom. The van der Waals surface area contributed by atoms with Crippen LogP contribution in [0.1, 0.15) is 63.9 Å². The first kappa shape index (κ1) is 27.6. The molecule has 2 aromatic carbocycles. The number of carbonyl (C=O) groups is 2. The predicted molar refractivity (Wildman–Crippen MR) is 142 cm³/mol. The van der Waals surface area contributed by atoms with Crippen molar-refractivity contribution >= 4 is 46.6 Å². The Morgan fingerprint density at radius 1 is 1.03 bits per heavy atom. The summed E-state index contributed by atoms with van der Waals surface area (Å²) in [6, 6.07) is 11.9. The van der Waals surface area contributed by atoms with E-state index in [1.807, 2.05) is 6.92 Å². The first-order chi connectivity index (χ1) is 16.9. The lowest BCUT2D eigenvalue weighted by Gasteiger charge is -2.33. The van der Waals surface area contributed by atoms with Gasteiger partial charge in [0, 0.05) is 39.6 Å². The van der Waals surface area contributed by atoms with E-state index in [9.17, 15) is 9.59 Å². The van der Waals surface area contributed by atoms with Crippen molar-refractivity contribution < 1.29 is 14.3 Å². The van der Waals surface area contributed by atoms with E-state index in [1.165, 1.54) is 6.42 Å². The number of nitrogens with one attached hydrogen (secondary N) is 1. The molecule has 0 aromatic heterocycles. The summed E-state index contributed by atoms with van der Waals surface area (Å²) < 4.78 is 5.73. The number of halogens is 3. The van der Waals surface area contributed by atoms with E-state index in [-0.39, 0.29) is 30.8 Å². The Morgan fingerprint density at radius 3 is 2.31 bits per heavy atom. The Hall–Kier alpha value is -1.95. The first-order valence-electron chi connectivity index (χ1n) is 12.3. The summed E-state index contributed by atoms with van der Waals surface area (Å²) in [7, 11) is 0. The van der Waals surface area contributed by atoms with Gasteiger partial charge >= 0.3 is 0 Å². The molecule has 35 heavy (non-hydrogen) atoms. The highest BCUT2D eigenvalue weighted by Gasteiger charge is 2.31. The maximum Gasteiger partial charge on any atom is 0.243 e. The average molecular weight is 540 g/mol. The number of hydrogen-bond donors (Lipinski definition) is 1. The Bertz CT molecular complexity index is 958. The van der Waals surface area contributed by atoms with E-state index in [4.69, 9.17) is 39.5 Å². The van der Waals surface area contributed by atoms with Crippen LogP contribution in [0.3, 0.4) is 0 Å². The fourth-order valence-electron chi connectivity index (χ4n) is 4.41. The van der Waals surface area contributed by atoms with Gasteiger partial charge in [-0.1, -0.05) is 67.1 Å². The summed E-state index contributed by atoms with van der Waals surface area (Å²) in [6.45, 7) is 2.47. The van der Waals surface area contributed by atoms with Crippen LogP contribution in [0.4, 0.5) is 0 Å². The molecule has 0 spiro atoms. The summed E-state index contributed by atoms with van der Waals surface area (Å²) in [4.78, 5) is 28.3. The second-order valence-corrected chi connectivity index (χ2v) is 10.1. The van der Waals surface area contributed by atoms with Gasteiger partial charge in [0.1, 0.15) is 11.8 Å². The molecule has 0 bridgehead atoms. The molecule has 1 aliphatic carbocycles. The van der Waals surface area contributed by atoms with Gasteiger partial charge in [0.25, 0.3) is 0 Å². The van der Waals surface area contributed by atoms with Crippen LogP contribution in [0.2, 0.25) is 15.1 Å². The largest absolute Gasteiger partial charge is 0.494 e. The number of ether oxygens (including phenoxy) is 1. The Kier molecular flexibility index (Phi) is 11.0. The standard InChI is InChI=1S/C27H33Cl3N2O3/c1-2-25(27(34)31-20-8-4-3-5-9-20)32(18-22-23(29)10-6-11-24(22)30)26(33)12-7-17-35-21-15-13-19(28)14-16-21/h6,10-11,13-16,20,25H,2-5,7-9,12,17-18H2,1H3,(H,31,34). The van der Waals surface area contributed by atoms with E-state index >= 15 is 0 Å². The van der Waals surface area contributed by atoms with Gasteiger partial charge < -0.3 is 15.0 Å². The van der Waals surface area contributed by atoms with Gasteiger partial charge in [0.2, 0.25) is 11.8 Å².